The quantitative estimate of drug-likeness (QED) is 0.457. The van der Waals surface area contributed by atoms with E-state index >= 15 is 0 Å². The van der Waals surface area contributed by atoms with E-state index in [-0.39, 0.29) is 24.0 Å². The molecule has 0 aliphatic heterocycles. The van der Waals surface area contributed by atoms with Crippen LogP contribution in [-0.4, -0.2) is 20.9 Å². The number of nitrogens with one attached hydrogen (secondary N) is 2. The highest BCUT2D eigenvalue weighted by molar-refractivity contribution is 7.92. The number of hydrogen-bond donors (Lipinski definition) is 2. The first-order chi connectivity index (χ1) is 15.1. The van der Waals surface area contributed by atoms with Crippen LogP contribution in [-0.2, 0) is 21.4 Å². The summed E-state index contributed by atoms with van der Waals surface area (Å²) in [5.41, 5.74) is 3.15. The lowest BCUT2D eigenvalue weighted by molar-refractivity contribution is -0.123. The van der Waals surface area contributed by atoms with Crippen molar-refractivity contribution in [3.8, 4) is 5.75 Å². The zero-order valence-electron chi connectivity index (χ0n) is 17.5. The van der Waals surface area contributed by atoms with Gasteiger partial charge in [-0.05, 0) is 79.1 Å². The predicted molar refractivity (Wildman–Crippen MR) is 127 cm³/mol. The molecule has 0 aromatic heterocycles. The van der Waals surface area contributed by atoms with Gasteiger partial charge in [0.25, 0.3) is 15.9 Å². The Balaban J connectivity index is 1.55. The molecule has 0 spiro atoms. The van der Waals surface area contributed by atoms with Crippen molar-refractivity contribution in [1.29, 1.82) is 0 Å². The lowest BCUT2D eigenvalue weighted by Gasteiger charge is -2.11. The van der Waals surface area contributed by atoms with E-state index in [2.05, 4.69) is 10.0 Å². The maximum absolute atomic E-state index is 12.6. The summed E-state index contributed by atoms with van der Waals surface area (Å²) in [4.78, 5) is 12.1. The first-order valence-corrected chi connectivity index (χ1v) is 11.9. The SMILES string of the molecule is Cc1cc(C)cc(NS(=O)(=O)c2ccc(OCC(=O)NCc3ccc(Cl)cc3Cl)cc2)c1. The largest absolute Gasteiger partial charge is 0.484 e. The summed E-state index contributed by atoms with van der Waals surface area (Å²) in [6, 6.07) is 16.4. The van der Waals surface area contributed by atoms with Crippen LogP contribution in [0.2, 0.25) is 10.0 Å². The van der Waals surface area contributed by atoms with Crippen LogP contribution in [0.4, 0.5) is 5.69 Å². The van der Waals surface area contributed by atoms with Crippen LogP contribution >= 0.6 is 23.2 Å². The van der Waals surface area contributed by atoms with Gasteiger partial charge in [0, 0.05) is 22.3 Å². The van der Waals surface area contributed by atoms with Gasteiger partial charge in [-0.3, -0.25) is 9.52 Å². The van der Waals surface area contributed by atoms with Crippen molar-refractivity contribution in [1.82, 2.24) is 5.32 Å². The normalized spacial score (nSPS) is 11.1. The van der Waals surface area contributed by atoms with Gasteiger partial charge in [-0.2, -0.15) is 0 Å². The Morgan fingerprint density at radius 1 is 0.938 bits per heavy atom. The molecule has 32 heavy (non-hydrogen) atoms. The summed E-state index contributed by atoms with van der Waals surface area (Å²) in [5.74, 6) is 0.0271. The van der Waals surface area contributed by atoms with Crippen LogP contribution in [0.5, 0.6) is 5.75 Å². The minimum atomic E-state index is -3.75. The predicted octanol–water partition coefficient (Wildman–Crippen LogP) is 5.11. The minimum Gasteiger partial charge on any atom is -0.484 e. The molecule has 3 aromatic rings. The van der Waals surface area contributed by atoms with E-state index in [1.54, 1.807) is 30.3 Å². The Labute approximate surface area is 197 Å². The number of benzene rings is 3. The Kier molecular flexibility index (Phi) is 7.66. The Morgan fingerprint density at radius 3 is 2.22 bits per heavy atom. The lowest BCUT2D eigenvalue weighted by atomic mass is 10.1. The average Bonchev–Trinajstić information content (AvgIpc) is 2.71. The van der Waals surface area contributed by atoms with Crippen molar-refractivity contribution < 1.29 is 17.9 Å². The molecule has 6 nitrogen and oxygen atoms in total. The fourth-order valence-electron chi connectivity index (χ4n) is 3.02. The number of sulfonamides is 1. The number of ether oxygens (including phenoxy) is 1. The van der Waals surface area contributed by atoms with Crippen LogP contribution in [0.25, 0.3) is 0 Å². The fraction of sp³-hybridized carbons (Fsp3) is 0.174. The molecule has 0 atom stereocenters. The molecule has 0 saturated heterocycles. The third-order valence-electron chi connectivity index (χ3n) is 4.47. The van der Waals surface area contributed by atoms with E-state index in [1.165, 1.54) is 24.3 Å². The highest BCUT2D eigenvalue weighted by Gasteiger charge is 2.15. The van der Waals surface area contributed by atoms with Gasteiger partial charge in [0.15, 0.2) is 6.61 Å². The topological polar surface area (TPSA) is 84.5 Å². The van der Waals surface area contributed by atoms with Gasteiger partial charge in [0.1, 0.15) is 5.75 Å². The van der Waals surface area contributed by atoms with Crippen LogP contribution in [0.15, 0.2) is 65.6 Å². The molecular formula is C23H22Cl2N2O4S. The summed E-state index contributed by atoms with van der Waals surface area (Å²) in [7, 11) is -3.75. The van der Waals surface area contributed by atoms with E-state index < -0.39 is 10.0 Å². The van der Waals surface area contributed by atoms with Gasteiger partial charge < -0.3 is 10.1 Å². The number of amides is 1. The number of hydrogen-bond acceptors (Lipinski definition) is 4. The maximum Gasteiger partial charge on any atom is 0.261 e. The summed E-state index contributed by atoms with van der Waals surface area (Å²) >= 11 is 11.9. The molecule has 9 heteroatoms. The fourth-order valence-corrected chi connectivity index (χ4v) is 4.54. The number of carbonyl (C=O) groups is 1. The van der Waals surface area contributed by atoms with Crippen molar-refractivity contribution in [2.75, 3.05) is 11.3 Å². The molecule has 2 N–H and O–H groups in total. The van der Waals surface area contributed by atoms with Crippen molar-refractivity contribution >= 4 is 44.8 Å². The molecule has 0 unspecified atom stereocenters. The molecule has 3 aromatic carbocycles. The molecule has 0 fully saturated rings. The first-order valence-electron chi connectivity index (χ1n) is 9.67. The average molecular weight is 493 g/mol. The Morgan fingerprint density at radius 2 is 1.59 bits per heavy atom. The molecule has 0 aliphatic rings. The highest BCUT2D eigenvalue weighted by atomic mass is 35.5. The van der Waals surface area contributed by atoms with Crippen LogP contribution in [0.3, 0.4) is 0 Å². The first kappa shape index (κ1) is 23.9. The molecule has 0 radical (unpaired) electrons. The molecule has 1 amide bonds. The van der Waals surface area contributed by atoms with E-state index in [4.69, 9.17) is 27.9 Å². The molecule has 0 heterocycles. The van der Waals surface area contributed by atoms with Crippen molar-refractivity contribution in [3.63, 3.8) is 0 Å². The van der Waals surface area contributed by atoms with Gasteiger partial charge in [0.2, 0.25) is 0 Å². The second-order valence-electron chi connectivity index (χ2n) is 7.25. The third-order valence-corrected chi connectivity index (χ3v) is 6.45. The molecule has 3 rings (SSSR count). The summed E-state index contributed by atoms with van der Waals surface area (Å²) in [6.45, 7) is 3.81. The second kappa shape index (κ2) is 10.3. The number of rotatable bonds is 8. The van der Waals surface area contributed by atoms with E-state index in [1.807, 2.05) is 19.9 Å². The molecule has 0 saturated carbocycles. The number of halogens is 2. The molecule has 0 bridgehead atoms. The van der Waals surface area contributed by atoms with Crippen molar-refractivity contribution in [2.24, 2.45) is 0 Å². The Bertz CT molecular complexity index is 1210. The van der Waals surface area contributed by atoms with Gasteiger partial charge in [-0.25, -0.2) is 8.42 Å². The van der Waals surface area contributed by atoms with Crippen LogP contribution in [0, 0.1) is 13.8 Å². The van der Waals surface area contributed by atoms with Crippen LogP contribution in [0.1, 0.15) is 16.7 Å². The molecule has 168 valence electrons. The monoisotopic (exact) mass is 492 g/mol. The summed E-state index contributed by atoms with van der Waals surface area (Å²) in [6.07, 6.45) is 0. The van der Waals surface area contributed by atoms with Crippen LogP contribution < -0.4 is 14.8 Å². The highest BCUT2D eigenvalue weighted by Crippen LogP contribution is 2.22. The number of aryl methyl sites for hydroxylation is 2. The van der Waals surface area contributed by atoms with Gasteiger partial charge in [-0.15, -0.1) is 0 Å². The zero-order valence-corrected chi connectivity index (χ0v) is 19.8. The van der Waals surface area contributed by atoms with Crippen molar-refractivity contribution in [3.05, 3.63) is 87.4 Å². The van der Waals surface area contributed by atoms with E-state index in [0.29, 0.717) is 21.5 Å². The smallest absolute Gasteiger partial charge is 0.261 e. The maximum atomic E-state index is 12.6. The second-order valence-corrected chi connectivity index (χ2v) is 9.78. The minimum absolute atomic E-state index is 0.0887. The molecular weight excluding hydrogens is 471 g/mol. The zero-order chi connectivity index (χ0) is 23.3. The van der Waals surface area contributed by atoms with Gasteiger partial charge in [0.05, 0.1) is 4.90 Å². The number of carbonyl (C=O) groups excluding carboxylic acids is 1. The Hall–Kier alpha value is -2.74. The van der Waals surface area contributed by atoms with Gasteiger partial charge in [-0.1, -0.05) is 35.3 Å². The number of anilines is 1. The van der Waals surface area contributed by atoms with Gasteiger partial charge >= 0.3 is 0 Å². The molecule has 0 aliphatic carbocycles. The summed E-state index contributed by atoms with van der Waals surface area (Å²) < 4.78 is 33.3. The lowest BCUT2D eigenvalue weighted by Crippen LogP contribution is -2.28. The van der Waals surface area contributed by atoms with E-state index in [9.17, 15) is 13.2 Å². The summed E-state index contributed by atoms with van der Waals surface area (Å²) in [5, 5.41) is 3.68. The standard InChI is InChI=1S/C23H22Cl2N2O4S/c1-15-9-16(2)11-19(10-15)27-32(29,30)21-7-5-20(6-8-21)31-14-23(28)26-13-17-3-4-18(24)12-22(17)25/h3-12,27H,13-14H2,1-2H3,(H,26,28). The van der Waals surface area contributed by atoms with E-state index in [0.717, 1.165) is 16.7 Å². The third kappa shape index (κ3) is 6.63. The van der Waals surface area contributed by atoms with Crippen molar-refractivity contribution in [2.45, 2.75) is 25.3 Å².